The van der Waals surface area contributed by atoms with Gasteiger partial charge in [-0.3, -0.25) is 0 Å². The number of benzene rings is 1. The van der Waals surface area contributed by atoms with Gasteiger partial charge in [-0.2, -0.15) is 0 Å². The first kappa shape index (κ1) is 13.2. The molecule has 0 saturated heterocycles. The van der Waals surface area contributed by atoms with Crippen molar-refractivity contribution in [3.63, 3.8) is 0 Å². The highest BCUT2D eigenvalue weighted by molar-refractivity contribution is 5.27. The lowest BCUT2D eigenvalue weighted by Crippen LogP contribution is -2.05. The van der Waals surface area contributed by atoms with Gasteiger partial charge in [-0.1, -0.05) is 37.6 Å². The minimum Gasteiger partial charge on any atom is -0.394 e. The average molecular weight is 222 g/mol. The van der Waals surface area contributed by atoms with E-state index < -0.39 is 0 Å². The lowest BCUT2D eigenvalue weighted by molar-refractivity contribution is 0.0943. The fraction of sp³-hybridized carbons (Fsp3) is 0.571. The minimum absolute atomic E-state index is 0.109. The van der Waals surface area contributed by atoms with E-state index in [9.17, 15) is 0 Å². The molecule has 0 aromatic heterocycles. The number of hydrogen-bond acceptors (Lipinski definition) is 2. The van der Waals surface area contributed by atoms with E-state index in [1.54, 1.807) is 0 Å². The van der Waals surface area contributed by atoms with Crippen molar-refractivity contribution in [3.05, 3.63) is 35.4 Å². The number of unbranched alkanes of at least 4 members (excludes halogenated alkanes) is 1. The summed E-state index contributed by atoms with van der Waals surface area (Å²) in [4.78, 5) is 0. The molecule has 2 heteroatoms. The molecule has 1 N–H and O–H groups in total. The van der Waals surface area contributed by atoms with Crippen LogP contribution in [0.5, 0.6) is 0 Å². The zero-order valence-electron chi connectivity index (χ0n) is 10.1. The molecule has 0 heterocycles. The molecule has 0 aliphatic rings. The summed E-state index contributed by atoms with van der Waals surface area (Å²) in [6, 6.07) is 8.56. The Morgan fingerprint density at radius 2 is 1.75 bits per heavy atom. The van der Waals surface area contributed by atoms with Crippen molar-refractivity contribution in [1.82, 2.24) is 0 Å². The molecule has 0 radical (unpaired) electrons. The second kappa shape index (κ2) is 8.31. The molecule has 0 aliphatic heterocycles. The third-order valence-corrected chi connectivity index (χ3v) is 2.67. The molecule has 1 aromatic rings. The SMILES string of the molecule is CCCCc1ccccc1CCOCCO. The van der Waals surface area contributed by atoms with Gasteiger partial charge in [-0.25, -0.2) is 0 Å². The Labute approximate surface area is 98.3 Å². The van der Waals surface area contributed by atoms with Crippen LogP contribution in [0.3, 0.4) is 0 Å². The predicted octanol–water partition coefficient (Wildman–Crippen LogP) is 2.58. The first-order valence-corrected chi connectivity index (χ1v) is 6.14. The van der Waals surface area contributed by atoms with E-state index in [4.69, 9.17) is 9.84 Å². The Bertz CT molecular complexity index is 284. The van der Waals surface area contributed by atoms with E-state index in [-0.39, 0.29) is 6.61 Å². The third-order valence-electron chi connectivity index (χ3n) is 2.67. The number of ether oxygens (including phenoxy) is 1. The van der Waals surface area contributed by atoms with Gasteiger partial charge >= 0.3 is 0 Å². The maximum Gasteiger partial charge on any atom is 0.0697 e. The van der Waals surface area contributed by atoms with Crippen LogP contribution in [0.4, 0.5) is 0 Å². The van der Waals surface area contributed by atoms with E-state index in [2.05, 4.69) is 31.2 Å². The second-order valence-electron chi connectivity index (χ2n) is 3.96. The van der Waals surface area contributed by atoms with Gasteiger partial charge in [-0.15, -0.1) is 0 Å². The smallest absolute Gasteiger partial charge is 0.0697 e. The zero-order valence-corrected chi connectivity index (χ0v) is 10.1. The molecular weight excluding hydrogens is 200 g/mol. The van der Waals surface area contributed by atoms with E-state index in [1.807, 2.05) is 0 Å². The average Bonchev–Trinajstić information content (AvgIpc) is 2.33. The highest BCUT2D eigenvalue weighted by atomic mass is 16.5. The summed E-state index contributed by atoms with van der Waals surface area (Å²) >= 11 is 0. The summed E-state index contributed by atoms with van der Waals surface area (Å²) in [5, 5.41) is 8.61. The minimum atomic E-state index is 0.109. The molecule has 16 heavy (non-hydrogen) atoms. The van der Waals surface area contributed by atoms with Gasteiger partial charge in [0.25, 0.3) is 0 Å². The molecule has 0 aliphatic carbocycles. The molecule has 2 nitrogen and oxygen atoms in total. The van der Waals surface area contributed by atoms with Crippen LogP contribution in [0.15, 0.2) is 24.3 Å². The quantitative estimate of drug-likeness (QED) is 0.685. The summed E-state index contributed by atoms with van der Waals surface area (Å²) in [5.41, 5.74) is 2.82. The van der Waals surface area contributed by atoms with Crippen molar-refractivity contribution in [2.75, 3.05) is 19.8 Å². The molecule has 0 bridgehead atoms. The van der Waals surface area contributed by atoms with Crippen LogP contribution in [0.1, 0.15) is 30.9 Å². The molecule has 90 valence electrons. The summed E-state index contributed by atoms with van der Waals surface area (Å²) in [6.45, 7) is 3.46. The summed E-state index contributed by atoms with van der Waals surface area (Å²) in [7, 11) is 0. The Morgan fingerprint density at radius 3 is 2.38 bits per heavy atom. The topological polar surface area (TPSA) is 29.5 Å². The van der Waals surface area contributed by atoms with Gasteiger partial charge in [0.1, 0.15) is 0 Å². The molecule has 0 fully saturated rings. The first-order valence-electron chi connectivity index (χ1n) is 6.14. The van der Waals surface area contributed by atoms with Gasteiger partial charge in [0.2, 0.25) is 0 Å². The van der Waals surface area contributed by atoms with Crippen LogP contribution in [-0.2, 0) is 17.6 Å². The highest BCUT2D eigenvalue weighted by Gasteiger charge is 2.01. The van der Waals surface area contributed by atoms with Crippen LogP contribution in [0.25, 0.3) is 0 Å². The maximum absolute atomic E-state index is 8.61. The van der Waals surface area contributed by atoms with Gasteiger partial charge in [0, 0.05) is 0 Å². The molecule has 0 atom stereocenters. The van der Waals surface area contributed by atoms with Crippen molar-refractivity contribution in [3.8, 4) is 0 Å². The Kier molecular flexibility index (Phi) is 6.86. The maximum atomic E-state index is 8.61. The standard InChI is InChI=1S/C14H22O2/c1-2-3-6-13-7-4-5-8-14(13)9-11-16-12-10-15/h4-5,7-8,15H,2-3,6,9-12H2,1H3. The van der Waals surface area contributed by atoms with Crippen molar-refractivity contribution in [1.29, 1.82) is 0 Å². The number of rotatable bonds is 8. The van der Waals surface area contributed by atoms with Crippen molar-refractivity contribution < 1.29 is 9.84 Å². The zero-order chi connectivity index (χ0) is 11.6. The van der Waals surface area contributed by atoms with Crippen LogP contribution in [0.2, 0.25) is 0 Å². The highest BCUT2D eigenvalue weighted by Crippen LogP contribution is 2.12. The van der Waals surface area contributed by atoms with Gasteiger partial charge < -0.3 is 9.84 Å². The third kappa shape index (κ3) is 4.77. The van der Waals surface area contributed by atoms with E-state index >= 15 is 0 Å². The van der Waals surface area contributed by atoms with Crippen LogP contribution < -0.4 is 0 Å². The van der Waals surface area contributed by atoms with Gasteiger partial charge in [0.05, 0.1) is 19.8 Å². The number of aryl methyl sites for hydroxylation is 1. The lowest BCUT2D eigenvalue weighted by Gasteiger charge is -2.09. The molecule has 1 rings (SSSR count). The molecule has 1 aromatic carbocycles. The van der Waals surface area contributed by atoms with Gasteiger partial charge in [-0.05, 0) is 30.4 Å². The normalized spacial score (nSPS) is 10.6. The molecule has 0 saturated carbocycles. The van der Waals surface area contributed by atoms with E-state index in [0.717, 1.165) is 12.8 Å². The Hall–Kier alpha value is -0.860. The fourth-order valence-corrected chi connectivity index (χ4v) is 1.76. The van der Waals surface area contributed by atoms with Crippen LogP contribution in [0, 0.1) is 0 Å². The first-order chi connectivity index (χ1) is 7.88. The molecule has 0 amide bonds. The molecular formula is C14H22O2. The molecule has 0 spiro atoms. The Morgan fingerprint density at radius 1 is 1.06 bits per heavy atom. The molecule has 0 unspecified atom stereocenters. The largest absolute Gasteiger partial charge is 0.394 e. The van der Waals surface area contributed by atoms with Crippen LogP contribution >= 0.6 is 0 Å². The number of hydrogen-bond donors (Lipinski definition) is 1. The predicted molar refractivity (Wildman–Crippen MR) is 66.7 cm³/mol. The lowest BCUT2D eigenvalue weighted by atomic mass is 10.0. The Balaban J connectivity index is 2.43. The van der Waals surface area contributed by atoms with Crippen LogP contribution in [-0.4, -0.2) is 24.9 Å². The van der Waals surface area contributed by atoms with Crippen molar-refractivity contribution >= 4 is 0 Å². The summed E-state index contributed by atoms with van der Waals surface area (Å²) in [5.74, 6) is 0. The van der Waals surface area contributed by atoms with E-state index in [1.165, 1.54) is 24.0 Å². The van der Waals surface area contributed by atoms with E-state index in [0.29, 0.717) is 13.2 Å². The monoisotopic (exact) mass is 222 g/mol. The van der Waals surface area contributed by atoms with Crippen molar-refractivity contribution in [2.45, 2.75) is 32.6 Å². The fourth-order valence-electron chi connectivity index (χ4n) is 1.76. The van der Waals surface area contributed by atoms with Crippen molar-refractivity contribution in [2.24, 2.45) is 0 Å². The summed E-state index contributed by atoms with van der Waals surface area (Å²) in [6.07, 6.45) is 4.58. The summed E-state index contributed by atoms with van der Waals surface area (Å²) < 4.78 is 5.30. The second-order valence-corrected chi connectivity index (χ2v) is 3.96. The van der Waals surface area contributed by atoms with Gasteiger partial charge in [0.15, 0.2) is 0 Å². The number of aliphatic hydroxyl groups is 1. The number of aliphatic hydroxyl groups excluding tert-OH is 1.